The molecule has 2 aliphatic heterocycles. The summed E-state index contributed by atoms with van der Waals surface area (Å²) in [5.74, 6) is -1.61. The highest BCUT2D eigenvalue weighted by Crippen LogP contribution is 2.33. The predicted octanol–water partition coefficient (Wildman–Crippen LogP) is 2.34. The van der Waals surface area contributed by atoms with Crippen molar-refractivity contribution in [2.45, 2.75) is 30.7 Å². The third-order valence-corrected chi connectivity index (χ3v) is 6.82. The van der Waals surface area contributed by atoms with Gasteiger partial charge in [-0.25, -0.2) is 17.1 Å². The predicted molar refractivity (Wildman–Crippen MR) is 96.3 cm³/mol. The number of anilines is 1. The lowest BCUT2D eigenvalue weighted by Crippen LogP contribution is -2.48. The highest BCUT2D eigenvalue weighted by Gasteiger charge is 2.43. The Labute approximate surface area is 156 Å². The molecule has 2 aliphatic rings. The van der Waals surface area contributed by atoms with E-state index in [4.69, 9.17) is 0 Å². The molecule has 0 fully saturated rings. The molecular formula is C19H17FN2O4S. The molecule has 6 nitrogen and oxygen atoms in total. The van der Waals surface area contributed by atoms with Gasteiger partial charge in [-0.3, -0.25) is 9.59 Å². The summed E-state index contributed by atoms with van der Waals surface area (Å²) < 4.78 is 39.5. The Bertz CT molecular complexity index is 1070. The van der Waals surface area contributed by atoms with Crippen molar-refractivity contribution in [3.63, 3.8) is 0 Å². The summed E-state index contributed by atoms with van der Waals surface area (Å²) in [6, 6.07) is 9.89. The van der Waals surface area contributed by atoms with E-state index in [-0.39, 0.29) is 22.3 Å². The Hall–Kier alpha value is -2.74. The van der Waals surface area contributed by atoms with Crippen LogP contribution in [0.25, 0.3) is 0 Å². The second-order valence-electron chi connectivity index (χ2n) is 6.74. The average molecular weight is 388 g/mol. The maximum absolute atomic E-state index is 13.5. The Morgan fingerprint density at radius 3 is 2.70 bits per heavy atom. The molecule has 0 saturated heterocycles. The Morgan fingerprint density at radius 1 is 1.22 bits per heavy atom. The molecule has 2 amide bonds. The van der Waals surface area contributed by atoms with E-state index in [0.29, 0.717) is 28.4 Å². The first kappa shape index (κ1) is 17.7. The van der Waals surface area contributed by atoms with E-state index in [9.17, 15) is 22.4 Å². The molecule has 2 aromatic rings. The van der Waals surface area contributed by atoms with Crippen molar-refractivity contribution < 1.29 is 22.4 Å². The van der Waals surface area contributed by atoms with Gasteiger partial charge < -0.3 is 4.90 Å². The molecule has 0 radical (unpaired) electrons. The van der Waals surface area contributed by atoms with Crippen molar-refractivity contribution in [1.29, 1.82) is 0 Å². The van der Waals surface area contributed by atoms with Crippen molar-refractivity contribution in [1.82, 2.24) is 4.31 Å². The van der Waals surface area contributed by atoms with Crippen molar-refractivity contribution in [3.8, 4) is 0 Å². The van der Waals surface area contributed by atoms with Crippen LogP contribution in [0.2, 0.25) is 0 Å². The second kappa shape index (κ2) is 6.16. The van der Waals surface area contributed by atoms with Gasteiger partial charge in [0.1, 0.15) is 17.3 Å². The van der Waals surface area contributed by atoms with Crippen molar-refractivity contribution in [2.24, 2.45) is 0 Å². The quantitative estimate of drug-likeness (QED) is 0.792. The van der Waals surface area contributed by atoms with E-state index >= 15 is 0 Å². The van der Waals surface area contributed by atoms with Gasteiger partial charge in [0.05, 0.1) is 5.56 Å². The summed E-state index contributed by atoms with van der Waals surface area (Å²) in [6.07, 6.45) is 1.26. The smallest absolute Gasteiger partial charge is 0.269 e. The normalized spacial score (nSPS) is 20.4. The second-order valence-corrected chi connectivity index (χ2v) is 8.57. The minimum absolute atomic E-state index is 0.0689. The molecule has 0 saturated carbocycles. The molecule has 1 atom stereocenters. The van der Waals surface area contributed by atoms with Crippen LogP contribution in [0.5, 0.6) is 0 Å². The van der Waals surface area contributed by atoms with E-state index in [1.807, 2.05) is 6.92 Å². The Morgan fingerprint density at radius 2 is 1.96 bits per heavy atom. The van der Waals surface area contributed by atoms with Crippen LogP contribution >= 0.6 is 0 Å². The van der Waals surface area contributed by atoms with E-state index in [2.05, 4.69) is 0 Å². The lowest BCUT2D eigenvalue weighted by atomic mass is 9.96. The molecule has 0 unspecified atom stereocenters. The summed E-state index contributed by atoms with van der Waals surface area (Å²) in [5.41, 5.74) is 1.32. The monoisotopic (exact) mass is 388 g/mol. The fraction of sp³-hybridized carbons (Fsp3) is 0.263. The largest absolute Gasteiger partial charge is 0.308 e. The van der Waals surface area contributed by atoms with E-state index in [0.717, 1.165) is 0 Å². The third-order valence-electron chi connectivity index (χ3n) is 5.03. The number of aryl methyl sites for hydroxylation is 1. The van der Waals surface area contributed by atoms with Gasteiger partial charge in [-0.15, -0.1) is 0 Å². The number of hydrogen-bond donors (Lipinski definition) is 0. The molecule has 140 valence electrons. The number of hydrogen-bond acceptors (Lipinski definition) is 4. The number of carbonyl (C=O) groups excluding carboxylic acids is 2. The molecule has 8 heteroatoms. The van der Waals surface area contributed by atoms with Gasteiger partial charge in [0.25, 0.3) is 15.9 Å². The number of benzene rings is 2. The summed E-state index contributed by atoms with van der Waals surface area (Å²) in [6.45, 7) is 1.26. The number of halogens is 1. The topological polar surface area (TPSA) is 74.8 Å². The van der Waals surface area contributed by atoms with Gasteiger partial charge in [-0.05, 0) is 55.7 Å². The molecule has 0 bridgehead atoms. The zero-order chi connectivity index (χ0) is 19.3. The zero-order valence-corrected chi connectivity index (χ0v) is 15.4. The number of rotatable bonds is 2. The first-order chi connectivity index (χ1) is 12.8. The molecule has 2 aromatic carbocycles. The van der Waals surface area contributed by atoms with Crippen molar-refractivity contribution in [2.75, 3.05) is 11.4 Å². The van der Waals surface area contributed by atoms with Crippen LogP contribution in [0.4, 0.5) is 10.1 Å². The number of sulfonamides is 1. The van der Waals surface area contributed by atoms with Gasteiger partial charge in [-0.1, -0.05) is 12.1 Å². The van der Waals surface area contributed by atoms with Crippen molar-refractivity contribution in [3.05, 3.63) is 59.4 Å². The molecule has 2 heterocycles. The number of fused-ring (bicyclic) bond motifs is 2. The Balaban J connectivity index is 1.67. The minimum Gasteiger partial charge on any atom is -0.308 e. The zero-order valence-electron chi connectivity index (χ0n) is 14.6. The maximum Gasteiger partial charge on any atom is 0.269 e. The highest BCUT2D eigenvalue weighted by atomic mass is 32.2. The molecular weight excluding hydrogens is 371 g/mol. The molecule has 0 aliphatic carbocycles. The lowest BCUT2D eigenvalue weighted by molar-refractivity contribution is -0.119. The van der Waals surface area contributed by atoms with Crippen molar-refractivity contribution >= 4 is 27.5 Å². The summed E-state index contributed by atoms with van der Waals surface area (Å²) in [7, 11) is -4.05. The number of carbonyl (C=O) groups is 2. The third kappa shape index (κ3) is 2.71. The van der Waals surface area contributed by atoms with Gasteiger partial charge in [0.15, 0.2) is 0 Å². The fourth-order valence-corrected chi connectivity index (χ4v) is 5.20. The summed E-state index contributed by atoms with van der Waals surface area (Å²) in [5, 5.41) is 0. The van der Waals surface area contributed by atoms with Gasteiger partial charge in [-0.2, -0.15) is 0 Å². The summed E-state index contributed by atoms with van der Waals surface area (Å²) >= 11 is 0. The SMILES string of the molecule is C[C@@H]1CCc2cc(F)ccc2N1C(=O)CN1C(=O)c2ccccc2S1(=O)=O. The number of nitrogens with zero attached hydrogens (tertiary/aromatic N) is 2. The minimum atomic E-state index is -4.05. The van der Waals surface area contributed by atoms with Crippen LogP contribution in [0.3, 0.4) is 0 Å². The maximum atomic E-state index is 13.5. The molecule has 0 N–H and O–H groups in total. The molecule has 0 aromatic heterocycles. The van der Waals surface area contributed by atoms with E-state index in [1.54, 1.807) is 6.07 Å². The first-order valence-electron chi connectivity index (χ1n) is 8.57. The Kier molecular flexibility index (Phi) is 4.03. The van der Waals surface area contributed by atoms with Crippen LogP contribution in [-0.4, -0.2) is 37.1 Å². The van der Waals surface area contributed by atoms with Crippen LogP contribution in [-0.2, 0) is 21.2 Å². The van der Waals surface area contributed by atoms with Crippen LogP contribution in [0.1, 0.15) is 29.3 Å². The fourth-order valence-electron chi connectivity index (χ4n) is 3.69. The van der Waals surface area contributed by atoms with Crippen LogP contribution in [0, 0.1) is 5.82 Å². The van der Waals surface area contributed by atoms with Crippen LogP contribution < -0.4 is 4.90 Å². The van der Waals surface area contributed by atoms with Gasteiger partial charge >= 0.3 is 0 Å². The van der Waals surface area contributed by atoms with E-state index < -0.39 is 28.4 Å². The molecule has 4 rings (SSSR count). The van der Waals surface area contributed by atoms with Crippen LogP contribution in [0.15, 0.2) is 47.4 Å². The van der Waals surface area contributed by atoms with E-state index in [1.165, 1.54) is 41.3 Å². The molecule has 27 heavy (non-hydrogen) atoms. The molecule has 0 spiro atoms. The van der Waals surface area contributed by atoms with Gasteiger partial charge in [0.2, 0.25) is 5.91 Å². The summed E-state index contributed by atoms with van der Waals surface area (Å²) in [4.78, 5) is 26.9. The van der Waals surface area contributed by atoms with Gasteiger partial charge in [0, 0.05) is 11.7 Å². The highest BCUT2D eigenvalue weighted by molar-refractivity contribution is 7.90. The number of amides is 2. The lowest BCUT2D eigenvalue weighted by Gasteiger charge is -2.36. The average Bonchev–Trinajstić information content (AvgIpc) is 2.83. The first-order valence-corrected chi connectivity index (χ1v) is 10.0. The standard InChI is InChI=1S/C19H17FN2O4S/c1-12-6-7-13-10-14(20)8-9-16(13)22(12)18(23)11-21-19(24)15-4-2-3-5-17(15)27(21,25)26/h2-5,8-10,12H,6-7,11H2,1H3/t12-/m1/s1.